The van der Waals surface area contributed by atoms with Crippen molar-refractivity contribution in [2.45, 2.75) is 19.4 Å². The molecule has 0 radical (unpaired) electrons. The maximum Gasteiger partial charge on any atom is 0.215 e. The first-order valence-corrected chi connectivity index (χ1v) is 7.72. The van der Waals surface area contributed by atoms with Crippen LogP contribution in [-0.2, 0) is 10.0 Å². The van der Waals surface area contributed by atoms with Crippen LogP contribution >= 0.6 is 0 Å². The summed E-state index contributed by atoms with van der Waals surface area (Å²) < 4.78 is 31.1. The van der Waals surface area contributed by atoms with Gasteiger partial charge in [0.05, 0.1) is 18.0 Å². The Balaban J connectivity index is 2.46. The number of para-hydroxylation sites is 2. The molecular formula is C12H20N2O4S. The van der Waals surface area contributed by atoms with E-state index in [1.54, 1.807) is 31.2 Å². The number of nitrogens with two attached hydrogens (primary N) is 1. The van der Waals surface area contributed by atoms with Crippen LogP contribution in [0, 0.1) is 0 Å². The van der Waals surface area contributed by atoms with Gasteiger partial charge in [-0.2, -0.15) is 0 Å². The molecule has 1 rings (SSSR count). The second kappa shape index (κ2) is 7.32. The number of aliphatic hydroxyl groups excluding tert-OH is 1. The van der Waals surface area contributed by atoms with Crippen LogP contribution in [0.25, 0.3) is 0 Å². The highest BCUT2D eigenvalue weighted by Gasteiger charge is 2.16. The van der Waals surface area contributed by atoms with Crippen molar-refractivity contribution in [3.05, 3.63) is 24.3 Å². The van der Waals surface area contributed by atoms with Crippen molar-refractivity contribution < 1.29 is 18.3 Å². The number of benzene rings is 1. The number of nitrogens with one attached hydrogen (secondary N) is 1. The number of ether oxygens (including phenoxy) is 1. The molecule has 0 spiro atoms. The molecule has 7 heteroatoms. The fourth-order valence-electron chi connectivity index (χ4n) is 1.44. The zero-order valence-electron chi connectivity index (χ0n) is 10.9. The topological polar surface area (TPSA) is 102 Å². The van der Waals surface area contributed by atoms with Crippen LogP contribution in [0.5, 0.6) is 5.75 Å². The van der Waals surface area contributed by atoms with Gasteiger partial charge in [0.25, 0.3) is 0 Å². The van der Waals surface area contributed by atoms with Crippen LogP contribution in [-0.4, -0.2) is 38.5 Å². The largest absolute Gasteiger partial charge is 0.490 e. The van der Waals surface area contributed by atoms with Gasteiger partial charge in [-0.05, 0) is 18.6 Å². The number of aliphatic hydroxyl groups is 1. The third-order valence-electron chi connectivity index (χ3n) is 2.59. The molecule has 0 amide bonds. The van der Waals surface area contributed by atoms with Crippen molar-refractivity contribution in [2.75, 3.05) is 24.7 Å². The third kappa shape index (κ3) is 5.46. The standard InChI is InChI=1S/C12H20N2O4S/c1-2-10(9-15)14-19(16,17)8-7-18-12-6-4-3-5-11(12)13/h3-6,10,14-15H,2,7-9,13H2,1H3/t10-/m1/s1. The summed E-state index contributed by atoms with van der Waals surface area (Å²) in [6.45, 7) is 1.58. The Bertz CT molecular complexity index is 486. The molecule has 0 aliphatic heterocycles. The van der Waals surface area contributed by atoms with Gasteiger partial charge < -0.3 is 15.6 Å². The molecule has 0 aliphatic rings. The Morgan fingerprint density at radius 1 is 1.42 bits per heavy atom. The molecule has 0 fully saturated rings. The number of hydrogen-bond donors (Lipinski definition) is 3. The minimum Gasteiger partial charge on any atom is -0.490 e. The first-order chi connectivity index (χ1) is 8.98. The van der Waals surface area contributed by atoms with Gasteiger partial charge in [-0.25, -0.2) is 13.1 Å². The van der Waals surface area contributed by atoms with Crippen LogP contribution in [0.1, 0.15) is 13.3 Å². The first kappa shape index (κ1) is 15.7. The molecule has 0 saturated heterocycles. The van der Waals surface area contributed by atoms with E-state index in [2.05, 4.69) is 4.72 Å². The number of sulfonamides is 1. The fourth-order valence-corrected chi connectivity index (χ4v) is 2.61. The molecule has 0 saturated carbocycles. The van der Waals surface area contributed by atoms with Gasteiger partial charge in [-0.1, -0.05) is 19.1 Å². The van der Waals surface area contributed by atoms with Gasteiger partial charge in [0.2, 0.25) is 10.0 Å². The SMILES string of the molecule is CC[C@H](CO)NS(=O)(=O)CCOc1ccccc1N. The molecule has 4 N–H and O–H groups in total. The Labute approximate surface area is 113 Å². The molecule has 0 heterocycles. The highest BCUT2D eigenvalue weighted by molar-refractivity contribution is 7.89. The Kier molecular flexibility index (Phi) is 6.07. The van der Waals surface area contributed by atoms with E-state index in [1.807, 2.05) is 0 Å². The summed E-state index contributed by atoms with van der Waals surface area (Å²) in [5.41, 5.74) is 6.14. The maximum atomic E-state index is 11.7. The number of nitrogen functional groups attached to an aromatic ring is 1. The summed E-state index contributed by atoms with van der Waals surface area (Å²) in [4.78, 5) is 0. The molecule has 0 aliphatic carbocycles. The summed E-state index contributed by atoms with van der Waals surface area (Å²) in [5.74, 6) is 0.282. The van der Waals surface area contributed by atoms with Crippen LogP contribution in [0.3, 0.4) is 0 Å². The molecule has 108 valence electrons. The van der Waals surface area contributed by atoms with Crippen molar-refractivity contribution in [2.24, 2.45) is 0 Å². The Morgan fingerprint density at radius 2 is 2.11 bits per heavy atom. The second-order valence-electron chi connectivity index (χ2n) is 4.11. The molecular weight excluding hydrogens is 268 g/mol. The lowest BCUT2D eigenvalue weighted by Crippen LogP contribution is -2.39. The van der Waals surface area contributed by atoms with Gasteiger partial charge >= 0.3 is 0 Å². The summed E-state index contributed by atoms with van der Waals surface area (Å²) >= 11 is 0. The van der Waals surface area contributed by atoms with Crippen LogP contribution in [0.2, 0.25) is 0 Å². The van der Waals surface area contributed by atoms with Gasteiger partial charge in [0.1, 0.15) is 12.4 Å². The van der Waals surface area contributed by atoms with E-state index in [1.165, 1.54) is 0 Å². The summed E-state index contributed by atoms with van der Waals surface area (Å²) in [7, 11) is -3.46. The molecule has 0 aromatic heterocycles. The molecule has 1 atom stereocenters. The smallest absolute Gasteiger partial charge is 0.215 e. The van der Waals surface area contributed by atoms with E-state index in [0.717, 1.165) is 0 Å². The second-order valence-corrected chi connectivity index (χ2v) is 5.98. The number of anilines is 1. The highest BCUT2D eigenvalue weighted by Crippen LogP contribution is 2.19. The minimum atomic E-state index is -3.46. The van der Waals surface area contributed by atoms with E-state index >= 15 is 0 Å². The van der Waals surface area contributed by atoms with Crippen molar-refractivity contribution >= 4 is 15.7 Å². The quantitative estimate of drug-likeness (QED) is 0.599. The fraction of sp³-hybridized carbons (Fsp3) is 0.500. The Hall–Kier alpha value is -1.31. The monoisotopic (exact) mass is 288 g/mol. The predicted molar refractivity (Wildman–Crippen MR) is 74.4 cm³/mol. The van der Waals surface area contributed by atoms with E-state index in [0.29, 0.717) is 17.9 Å². The van der Waals surface area contributed by atoms with Gasteiger partial charge in [-0.15, -0.1) is 0 Å². The van der Waals surface area contributed by atoms with Crippen LogP contribution in [0.15, 0.2) is 24.3 Å². The zero-order chi connectivity index (χ0) is 14.3. The first-order valence-electron chi connectivity index (χ1n) is 6.06. The summed E-state index contributed by atoms with van der Waals surface area (Å²) in [6, 6.07) is 6.44. The van der Waals surface area contributed by atoms with Gasteiger partial charge in [0.15, 0.2) is 0 Å². The minimum absolute atomic E-state index is 0.00537. The molecule has 1 aromatic carbocycles. The lowest BCUT2D eigenvalue weighted by atomic mass is 10.3. The summed E-state index contributed by atoms with van der Waals surface area (Å²) in [5, 5.41) is 8.95. The normalized spacial score (nSPS) is 13.2. The third-order valence-corrected chi connectivity index (χ3v) is 3.98. The average molecular weight is 288 g/mol. The van der Waals surface area contributed by atoms with E-state index in [9.17, 15) is 8.42 Å². The van der Waals surface area contributed by atoms with Crippen molar-refractivity contribution in [1.29, 1.82) is 0 Å². The summed E-state index contributed by atoms with van der Waals surface area (Å²) in [6.07, 6.45) is 0.530. The predicted octanol–water partition coefficient (Wildman–Crippen LogP) is 0.338. The van der Waals surface area contributed by atoms with E-state index < -0.39 is 16.1 Å². The lowest BCUT2D eigenvalue weighted by Gasteiger charge is -2.14. The van der Waals surface area contributed by atoms with Crippen LogP contribution < -0.4 is 15.2 Å². The molecule has 6 nitrogen and oxygen atoms in total. The van der Waals surface area contributed by atoms with E-state index in [-0.39, 0.29) is 19.0 Å². The zero-order valence-corrected chi connectivity index (χ0v) is 11.7. The number of hydrogen-bond acceptors (Lipinski definition) is 5. The average Bonchev–Trinajstić information content (AvgIpc) is 2.38. The highest BCUT2D eigenvalue weighted by atomic mass is 32.2. The van der Waals surface area contributed by atoms with Gasteiger partial charge in [-0.3, -0.25) is 0 Å². The molecule has 19 heavy (non-hydrogen) atoms. The van der Waals surface area contributed by atoms with Crippen molar-refractivity contribution in [1.82, 2.24) is 4.72 Å². The van der Waals surface area contributed by atoms with Gasteiger partial charge in [0, 0.05) is 6.04 Å². The van der Waals surface area contributed by atoms with Crippen molar-refractivity contribution in [3.8, 4) is 5.75 Å². The van der Waals surface area contributed by atoms with Crippen LogP contribution in [0.4, 0.5) is 5.69 Å². The number of rotatable bonds is 8. The molecule has 0 bridgehead atoms. The molecule has 1 aromatic rings. The Morgan fingerprint density at radius 3 is 2.68 bits per heavy atom. The van der Waals surface area contributed by atoms with Crippen molar-refractivity contribution in [3.63, 3.8) is 0 Å². The maximum absolute atomic E-state index is 11.7. The van der Waals surface area contributed by atoms with E-state index in [4.69, 9.17) is 15.6 Å². The molecule has 0 unspecified atom stereocenters. The lowest BCUT2D eigenvalue weighted by molar-refractivity contribution is 0.253.